The van der Waals surface area contributed by atoms with E-state index in [0.29, 0.717) is 30.1 Å². The fourth-order valence-electron chi connectivity index (χ4n) is 3.53. The molecular formula is C22H30N4O2S. The van der Waals surface area contributed by atoms with Crippen LogP contribution in [0.1, 0.15) is 49.9 Å². The Morgan fingerprint density at radius 2 is 2.03 bits per heavy atom. The van der Waals surface area contributed by atoms with Crippen molar-refractivity contribution in [2.75, 3.05) is 5.75 Å². The topological polar surface area (TPSA) is 69.0 Å². The van der Waals surface area contributed by atoms with Crippen molar-refractivity contribution >= 4 is 17.7 Å². The summed E-state index contributed by atoms with van der Waals surface area (Å²) in [5, 5.41) is 12.4. The Balaban J connectivity index is 1.56. The minimum atomic E-state index is 0.0627. The van der Waals surface area contributed by atoms with Crippen LogP contribution in [0.3, 0.4) is 0 Å². The number of ether oxygens (including phenoxy) is 1. The number of hydrogen-bond donors (Lipinski definition) is 1. The van der Waals surface area contributed by atoms with Crippen LogP contribution in [-0.2, 0) is 17.9 Å². The average molecular weight is 415 g/mol. The summed E-state index contributed by atoms with van der Waals surface area (Å²) in [5.41, 5.74) is 1.08. The summed E-state index contributed by atoms with van der Waals surface area (Å²) < 4.78 is 7.87. The predicted octanol–water partition coefficient (Wildman–Crippen LogP) is 4.28. The minimum Gasteiger partial charge on any atom is -0.485 e. The van der Waals surface area contributed by atoms with Crippen LogP contribution in [-0.4, -0.2) is 32.5 Å². The van der Waals surface area contributed by atoms with Gasteiger partial charge in [-0.1, -0.05) is 61.7 Å². The third-order valence-corrected chi connectivity index (χ3v) is 6.07. The Labute approximate surface area is 177 Å². The van der Waals surface area contributed by atoms with Gasteiger partial charge in [0.05, 0.1) is 5.75 Å². The zero-order chi connectivity index (χ0) is 20.5. The highest BCUT2D eigenvalue weighted by atomic mass is 32.2. The third kappa shape index (κ3) is 6.35. The van der Waals surface area contributed by atoms with E-state index in [1.807, 2.05) is 35.8 Å². The number of carbonyl (C=O) groups excluding carboxylic acids is 1. The number of carbonyl (C=O) groups is 1. The van der Waals surface area contributed by atoms with Gasteiger partial charge >= 0.3 is 0 Å². The van der Waals surface area contributed by atoms with Gasteiger partial charge in [0.2, 0.25) is 5.91 Å². The van der Waals surface area contributed by atoms with Crippen molar-refractivity contribution < 1.29 is 9.53 Å². The van der Waals surface area contributed by atoms with Crippen molar-refractivity contribution in [3.8, 4) is 5.75 Å². The zero-order valence-corrected chi connectivity index (χ0v) is 17.9. The summed E-state index contributed by atoms with van der Waals surface area (Å²) in [6, 6.07) is 8.20. The van der Waals surface area contributed by atoms with Crippen molar-refractivity contribution in [3.63, 3.8) is 0 Å². The van der Waals surface area contributed by atoms with Crippen molar-refractivity contribution in [1.82, 2.24) is 20.1 Å². The first-order valence-corrected chi connectivity index (χ1v) is 11.3. The molecular weight excluding hydrogens is 384 g/mol. The molecule has 1 saturated carbocycles. The molecule has 0 atom stereocenters. The molecule has 3 rings (SSSR count). The SMILES string of the molecule is C=CCn1c(COc2ccccc2C)nnc1SCC(=O)NC1CCCCCC1. The number of nitrogens with zero attached hydrogens (tertiary/aromatic N) is 3. The van der Waals surface area contributed by atoms with Crippen LogP contribution in [0.25, 0.3) is 0 Å². The van der Waals surface area contributed by atoms with E-state index in [1.54, 1.807) is 6.08 Å². The highest BCUT2D eigenvalue weighted by molar-refractivity contribution is 7.99. The van der Waals surface area contributed by atoms with Gasteiger partial charge in [0.15, 0.2) is 11.0 Å². The first-order chi connectivity index (χ1) is 14.2. The van der Waals surface area contributed by atoms with E-state index >= 15 is 0 Å². The minimum absolute atomic E-state index is 0.0627. The first kappa shape index (κ1) is 21.4. The molecule has 1 aromatic carbocycles. The summed E-state index contributed by atoms with van der Waals surface area (Å²) in [5.74, 6) is 1.95. The standard InChI is InChI=1S/C22H30N4O2S/c1-3-14-26-20(15-28-19-13-9-8-10-17(19)2)24-25-22(26)29-16-21(27)23-18-11-6-4-5-7-12-18/h3,8-10,13,18H,1,4-7,11-12,14-16H2,2H3,(H,23,27). The second-order valence-corrected chi connectivity index (χ2v) is 8.34. The maximum atomic E-state index is 12.4. The number of para-hydroxylation sites is 1. The van der Waals surface area contributed by atoms with E-state index in [4.69, 9.17) is 4.74 Å². The molecule has 156 valence electrons. The van der Waals surface area contributed by atoms with E-state index in [-0.39, 0.29) is 5.91 Å². The molecule has 1 aromatic heterocycles. The molecule has 0 bridgehead atoms. The second kappa shape index (κ2) is 11.0. The van der Waals surface area contributed by atoms with Gasteiger partial charge in [-0.15, -0.1) is 16.8 Å². The van der Waals surface area contributed by atoms with Crippen LogP contribution in [0.5, 0.6) is 5.75 Å². The number of amides is 1. The molecule has 0 spiro atoms. The summed E-state index contributed by atoms with van der Waals surface area (Å²) in [6.45, 7) is 6.73. The molecule has 2 aromatic rings. The molecule has 1 aliphatic rings. The monoisotopic (exact) mass is 414 g/mol. The van der Waals surface area contributed by atoms with E-state index in [2.05, 4.69) is 22.1 Å². The van der Waals surface area contributed by atoms with Crippen molar-refractivity contribution in [3.05, 3.63) is 48.3 Å². The molecule has 1 N–H and O–H groups in total. The highest BCUT2D eigenvalue weighted by Gasteiger charge is 2.17. The average Bonchev–Trinajstić information content (AvgIpc) is 2.91. The van der Waals surface area contributed by atoms with Crippen LogP contribution in [0.4, 0.5) is 0 Å². The van der Waals surface area contributed by atoms with Crippen LogP contribution < -0.4 is 10.1 Å². The van der Waals surface area contributed by atoms with Crippen molar-refractivity contribution in [1.29, 1.82) is 0 Å². The van der Waals surface area contributed by atoms with E-state index in [1.165, 1.54) is 37.4 Å². The van der Waals surface area contributed by atoms with Gasteiger partial charge in [0.25, 0.3) is 0 Å². The lowest BCUT2D eigenvalue weighted by atomic mass is 10.1. The normalized spacial score (nSPS) is 14.9. The Kier molecular flexibility index (Phi) is 8.16. The van der Waals surface area contributed by atoms with Gasteiger partial charge in [0.1, 0.15) is 12.4 Å². The smallest absolute Gasteiger partial charge is 0.230 e. The predicted molar refractivity (Wildman–Crippen MR) is 116 cm³/mol. The van der Waals surface area contributed by atoms with Gasteiger partial charge in [-0.2, -0.15) is 0 Å². The number of rotatable bonds is 9. The number of nitrogens with one attached hydrogen (secondary N) is 1. The van der Waals surface area contributed by atoms with Crippen LogP contribution in [0, 0.1) is 6.92 Å². The number of aromatic nitrogens is 3. The Hall–Kier alpha value is -2.28. The van der Waals surface area contributed by atoms with Gasteiger partial charge < -0.3 is 10.1 Å². The van der Waals surface area contributed by atoms with E-state index < -0.39 is 0 Å². The quantitative estimate of drug-likeness (QED) is 0.377. The maximum Gasteiger partial charge on any atom is 0.230 e. The van der Waals surface area contributed by atoms with Gasteiger partial charge in [0, 0.05) is 12.6 Å². The van der Waals surface area contributed by atoms with Gasteiger partial charge in [-0.25, -0.2) is 0 Å². The van der Waals surface area contributed by atoms with Crippen molar-refractivity contribution in [2.45, 2.75) is 69.8 Å². The number of allylic oxidation sites excluding steroid dienone is 1. The lowest BCUT2D eigenvalue weighted by Gasteiger charge is -2.16. The lowest BCUT2D eigenvalue weighted by Crippen LogP contribution is -2.35. The molecule has 1 amide bonds. The summed E-state index contributed by atoms with van der Waals surface area (Å²) in [6.07, 6.45) is 8.94. The Morgan fingerprint density at radius 3 is 2.76 bits per heavy atom. The van der Waals surface area contributed by atoms with E-state index in [0.717, 1.165) is 30.0 Å². The van der Waals surface area contributed by atoms with Crippen molar-refractivity contribution in [2.24, 2.45) is 0 Å². The van der Waals surface area contributed by atoms with Gasteiger partial charge in [-0.05, 0) is 31.4 Å². The van der Waals surface area contributed by atoms with Crippen LogP contribution in [0.2, 0.25) is 0 Å². The fraction of sp³-hybridized carbons (Fsp3) is 0.500. The molecule has 29 heavy (non-hydrogen) atoms. The number of thioether (sulfide) groups is 1. The molecule has 0 saturated heterocycles. The maximum absolute atomic E-state index is 12.4. The third-order valence-electron chi connectivity index (χ3n) is 5.11. The zero-order valence-electron chi connectivity index (χ0n) is 17.1. The summed E-state index contributed by atoms with van der Waals surface area (Å²) in [7, 11) is 0. The van der Waals surface area contributed by atoms with Crippen LogP contribution in [0.15, 0.2) is 42.1 Å². The molecule has 7 heteroatoms. The van der Waals surface area contributed by atoms with Gasteiger partial charge in [-0.3, -0.25) is 9.36 Å². The highest BCUT2D eigenvalue weighted by Crippen LogP contribution is 2.21. The molecule has 1 heterocycles. The lowest BCUT2D eigenvalue weighted by molar-refractivity contribution is -0.119. The Morgan fingerprint density at radius 1 is 1.28 bits per heavy atom. The number of hydrogen-bond acceptors (Lipinski definition) is 5. The molecule has 1 aliphatic carbocycles. The Bertz CT molecular complexity index is 813. The number of benzene rings is 1. The number of aryl methyl sites for hydroxylation is 1. The van der Waals surface area contributed by atoms with Crippen LogP contribution >= 0.6 is 11.8 Å². The molecule has 6 nitrogen and oxygen atoms in total. The fourth-order valence-corrected chi connectivity index (χ4v) is 4.31. The first-order valence-electron chi connectivity index (χ1n) is 10.3. The molecule has 0 unspecified atom stereocenters. The largest absolute Gasteiger partial charge is 0.485 e. The summed E-state index contributed by atoms with van der Waals surface area (Å²) in [4.78, 5) is 12.4. The molecule has 0 aliphatic heterocycles. The van der Waals surface area contributed by atoms with E-state index in [9.17, 15) is 4.79 Å². The molecule has 1 fully saturated rings. The molecule has 0 radical (unpaired) electrons. The second-order valence-electron chi connectivity index (χ2n) is 7.40. The summed E-state index contributed by atoms with van der Waals surface area (Å²) >= 11 is 1.41.